The van der Waals surface area contributed by atoms with Crippen molar-refractivity contribution in [1.82, 2.24) is 19.6 Å². The Morgan fingerprint density at radius 3 is 1.90 bits per heavy atom. The molecule has 3 rings (SSSR count). The third kappa shape index (κ3) is 6.49. The molecule has 0 atom stereocenters. The molecule has 6 heteroatoms. The average Bonchev–Trinajstić information content (AvgIpc) is 2.96. The van der Waals surface area contributed by atoms with Crippen molar-refractivity contribution in [3.05, 3.63) is 23.5 Å². The second kappa shape index (κ2) is 11.9. The van der Waals surface area contributed by atoms with Crippen LogP contribution in [0.4, 0.5) is 0 Å². The molecule has 6 nitrogen and oxygen atoms in total. The van der Waals surface area contributed by atoms with E-state index in [0.717, 1.165) is 77.4 Å². The van der Waals surface area contributed by atoms with Crippen LogP contribution in [0.15, 0.2) is 23.5 Å². The maximum atomic E-state index is 9.50. The Morgan fingerprint density at radius 1 is 0.724 bits per heavy atom. The van der Waals surface area contributed by atoms with Crippen LogP contribution in [0, 0.1) is 22.7 Å². The van der Waals surface area contributed by atoms with Crippen LogP contribution in [0.5, 0.6) is 0 Å². The zero-order valence-electron chi connectivity index (χ0n) is 17.9. The summed E-state index contributed by atoms with van der Waals surface area (Å²) in [6.07, 6.45) is 13.2. The Kier molecular flexibility index (Phi) is 8.86. The monoisotopic (exact) mass is 396 g/mol. The number of likely N-dealkylation sites (tertiary alicyclic amines) is 1. The van der Waals surface area contributed by atoms with Crippen molar-refractivity contribution < 1.29 is 0 Å². The number of nitriles is 2. The molecular formula is C23H36N6. The molecule has 2 fully saturated rings. The molecule has 0 aromatic carbocycles. The lowest BCUT2D eigenvalue weighted by Gasteiger charge is -2.28. The van der Waals surface area contributed by atoms with E-state index >= 15 is 0 Å². The van der Waals surface area contributed by atoms with Gasteiger partial charge in [-0.25, -0.2) is 0 Å². The molecule has 0 N–H and O–H groups in total. The van der Waals surface area contributed by atoms with E-state index in [4.69, 9.17) is 0 Å². The predicted octanol–water partition coefficient (Wildman–Crippen LogP) is 2.78. The molecule has 0 spiro atoms. The summed E-state index contributed by atoms with van der Waals surface area (Å²) in [7, 11) is 0. The molecule has 2 saturated heterocycles. The lowest BCUT2D eigenvalue weighted by Crippen LogP contribution is -2.32. The molecule has 0 radical (unpaired) electrons. The minimum Gasteiger partial charge on any atom is -0.355 e. The summed E-state index contributed by atoms with van der Waals surface area (Å²) in [5, 5.41) is 19.0. The summed E-state index contributed by atoms with van der Waals surface area (Å²) < 4.78 is 0. The van der Waals surface area contributed by atoms with Gasteiger partial charge in [0, 0.05) is 45.8 Å². The van der Waals surface area contributed by atoms with Crippen LogP contribution in [0.3, 0.4) is 0 Å². The normalized spacial score (nSPS) is 21.1. The van der Waals surface area contributed by atoms with Gasteiger partial charge in [0.2, 0.25) is 0 Å². The zero-order chi connectivity index (χ0) is 20.3. The van der Waals surface area contributed by atoms with Gasteiger partial charge in [-0.05, 0) is 51.7 Å². The number of nitrogens with zero attached hydrogens (tertiary/aromatic N) is 6. The maximum absolute atomic E-state index is 9.50. The topological polar surface area (TPSA) is 60.5 Å². The Morgan fingerprint density at radius 2 is 1.34 bits per heavy atom. The van der Waals surface area contributed by atoms with Crippen molar-refractivity contribution >= 4 is 0 Å². The molecule has 29 heavy (non-hydrogen) atoms. The molecule has 0 unspecified atom stereocenters. The van der Waals surface area contributed by atoms with Crippen LogP contribution < -0.4 is 0 Å². The quantitative estimate of drug-likeness (QED) is 0.464. The van der Waals surface area contributed by atoms with Gasteiger partial charge in [0.15, 0.2) is 5.57 Å². The Hall–Kier alpha value is -2.02. The van der Waals surface area contributed by atoms with E-state index in [1.165, 1.54) is 38.8 Å². The van der Waals surface area contributed by atoms with Crippen molar-refractivity contribution in [3.8, 4) is 12.1 Å². The first-order valence-corrected chi connectivity index (χ1v) is 11.5. The summed E-state index contributed by atoms with van der Waals surface area (Å²) in [4.78, 5) is 9.62. The maximum Gasteiger partial charge on any atom is 0.169 e. The molecule has 0 aliphatic carbocycles. The number of rotatable bonds is 8. The van der Waals surface area contributed by atoms with Crippen LogP contribution in [0.25, 0.3) is 0 Å². The van der Waals surface area contributed by atoms with Crippen LogP contribution in [-0.2, 0) is 0 Å². The van der Waals surface area contributed by atoms with E-state index < -0.39 is 0 Å². The highest BCUT2D eigenvalue weighted by Gasteiger charge is 2.28. The fraction of sp³-hybridized carbons (Fsp3) is 0.739. The first-order valence-electron chi connectivity index (χ1n) is 11.5. The second-order valence-electron chi connectivity index (χ2n) is 8.42. The molecule has 0 saturated carbocycles. The van der Waals surface area contributed by atoms with Crippen molar-refractivity contribution in [2.24, 2.45) is 0 Å². The van der Waals surface area contributed by atoms with E-state index in [9.17, 15) is 10.5 Å². The first kappa shape index (κ1) is 21.7. The summed E-state index contributed by atoms with van der Waals surface area (Å²) >= 11 is 0. The summed E-state index contributed by atoms with van der Waals surface area (Å²) in [5.74, 6) is 0.879. The number of hydrogen-bond donors (Lipinski definition) is 0. The van der Waals surface area contributed by atoms with Gasteiger partial charge in [-0.3, -0.25) is 4.90 Å². The lowest BCUT2D eigenvalue weighted by molar-refractivity contribution is 0.251. The molecule has 3 aliphatic rings. The van der Waals surface area contributed by atoms with E-state index in [1.807, 2.05) is 0 Å². The lowest BCUT2D eigenvalue weighted by atomic mass is 10.2. The van der Waals surface area contributed by atoms with Gasteiger partial charge in [-0.1, -0.05) is 25.0 Å². The number of hydrogen-bond acceptors (Lipinski definition) is 6. The Labute approximate surface area is 176 Å². The van der Waals surface area contributed by atoms with Crippen molar-refractivity contribution in [3.63, 3.8) is 0 Å². The zero-order valence-corrected chi connectivity index (χ0v) is 17.9. The van der Waals surface area contributed by atoms with Crippen LogP contribution >= 0.6 is 0 Å². The Balaban J connectivity index is 1.50. The van der Waals surface area contributed by atoms with E-state index in [1.54, 1.807) is 0 Å². The van der Waals surface area contributed by atoms with Gasteiger partial charge >= 0.3 is 0 Å². The highest BCUT2D eigenvalue weighted by Crippen LogP contribution is 2.23. The highest BCUT2D eigenvalue weighted by atomic mass is 15.4. The van der Waals surface area contributed by atoms with Gasteiger partial charge in [-0.2, -0.15) is 10.5 Å². The summed E-state index contributed by atoms with van der Waals surface area (Å²) in [6.45, 7) is 10.6. The Bertz CT molecular complexity index is 631. The smallest absolute Gasteiger partial charge is 0.169 e. The van der Waals surface area contributed by atoms with Gasteiger partial charge in [0.1, 0.15) is 18.0 Å². The molecule has 3 aliphatic heterocycles. The van der Waals surface area contributed by atoms with E-state index in [2.05, 4.69) is 43.9 Å². The molecule has 0 bridgehead atoms. The van der Waals surface area contributed by atoms with Gasteiger partial charge in [0.05, 0.1) is 0 Å². The second-order valence-corrected chi connectivity index (χ2v) is 8.42. The van der Waals surface area contributed by atoms with E-state index in [0.29, 0.717) is 0 Å². The predicted molar refractivity (Wildman–Crippen MR) is 116 cm³/mol. The summed E-state index contributed by atoms with van der Waals surface area (Å²) in [6, 6.07) is 4.29. The van der Waals surface area contributed by atoms with Crippen LogP contribution in [0.2, 0.25) is 0 Å². The van der Waals surface area contributed by atoms with Crippen molar-refractivity contribution in [2.75, 3.05) is 65.4 Å². The minimum absolute atomic E-state index is 0.276. The third-order valence-corrected chi connectivity index (χ3v) is 6.33. The van der Waals surface area contributed by atoms with Crippen LogP contribution in [-0.4, -0.2) is 85.0 Å². The summed E-state index contributed by atoms with van der Waals surface area (Å²) in [5.41, 5.74) is 0.276. The third-order valence-electron chi connectivity index (χ3n) is 6.33. The fourth-order valence-electron chi connectivity index (χ4n) is 4.75. The molecule has 0 amide bonds. The average molecular weight is 397 g/mol. The van der Waals surface area contributed by atoms with Crippen molar-refractivity contribution in [1.29, 1.82) is 10.5 Å². The van der Waals surface area contributed by atoms with Gasteiger partial charge in [0.25, 0.3) is 0 Å². The fourth-order valence-corrected chi connectivity index (χ4v) is 4.75. The van der Waals surface area contributed by atoms with Crippen molar-refractivity contribution in [2.45, 2.75) is 44.9 Å². The molecule has 0 aromatic heterocycles. The SMILES string of the molecule is N#CC(C#N)=C1N(CCCN2CC=CCC2)CCN1CCCN1CCCCCC1. The minimum atomic E-state index is 0.276. The van der Waals surface area contributed by atoms with Gasteiger partial charge in [-0.15, -0.1) is 0 Å². The molecule has 3 heterocycles. The van der Waals surface area contributed by atoms with E-state index in [-0.39, 0.29) is 5.57 Å². The highest BCUT2D eigenvalue weighted by molar-refractivity contribution is 5.40. The van der Waals surface area contributed by atoms with Gasteiger partial charge < -0.3 is 14.7 Å². The number of allylic oxidation sites excluding steroid dienone is 1. The largest absolute Gasteiger partial charge is 0.355 e. The molecule has 158 valence electrons. The molecule has 0 aromatic rings. The first-order chi connectivity index (χ1) is 14.3. The standard InChI is InChI=1S/C23H36N6/c24-20-22(21-25)23-28(16-8-14-26-10-4-1-2-5-11-26)18-19-29(23)17-9-15-27-12-6-3-7-13-27/h3,6H,1-2,4-5,7-19H2. The van der Waals surface area contributed by atoms with Crippen LogP contribution in [0.1, 0.15) is 44.9 Å². The molecular weight excluding hydrogens is 360 g/mol.